The fourth-order valence-corrected chi connectivity index (χ4v) is 2.50. The molecule has 1 N–H and O–H groups in total. The van der Waals surface area contributed by atoms with Gasteiger partial charge in [0.15, 0.2) is 0 Å². The summed E-state index contributed by atoms with van der Waals surface area (Å²) in [5.41, 5.74) is 1.27. The summed E-state index contributed by atoms with van der Waals surface area (Å²) in [4.78, 5) is 24.0. The van der Waals surface area contributed by atoms with Crippen molar-refractivity contribution in [2.75, 3.05) is 12.4 Å². The SMILES string of the molecule is COC(=O)c1sccc1NC(=O)c1ccc(F)cc1C. The largest absolute Gasteiger partial charge is 0.465 e. The monoisotopic (exact) mass is 293 g/mol. The highest BCUT2D eigenvalue weighted by Crippen LogP contribution is 2.24. The zero-order chi connectivity index (χ0) is 14.7. The number of thiophene rings is 1. The van der Waals surface area contributed by atoms with Gasteiger partial charge in [0, 0.05) is 5.56 Å². The Bertz CT molecular complexity index is 666. The van der Waals surface area contributed by atoms with Gasteiger partial charge in [-0.1, -0.05) is 0 Å². The average Bonchev–Trinajstić information content (AvgIpc) is 2.85. The quantitative estimate of drug-likeness (QED) is 0.884. The van der Waals surface area contributed by atoms with Crippen LogP contribution in [0.4, 0.5) is 10.1 Å². The van der Waals surface area contributed by atoms with Crippen LogP contribution in [-0.4, -0.2) is 19.0 Å². The van der Waals surface area contributed by atoms with E-state index in [0.717, 1.165) is 0 Å². The Labute approximate surface area is 119 Å². The molecule has 4 nitrogen and oxygen atoms in total. The minimum atomic E-state index is -0.508. The van der Waals surface area contributed by atoms with Crippen molar-refractivity contribution in [3.8, 4) is 0 Å². The normalized spacial score (nSPS) is 10.2. The summed E-state index contributed by atoms with van der Waals surface area (Å²) in [5, 5.41) is 4.31. The Morgan fingerprint density at radius 3 is 2.70 bits per heavy atom. The molecule has 1 aromatic heterocycles. The molecule has 104 valence electrons. The van der Waals surface area contributed by atoms with Gasteiger partial charge in [-0.3, -0.25) is 4.79 Å². The Balaban J connectivity index is 2.24. The molecule has 0 radical (unpaired) electrons. The second-order valence-electron chi connectivity index (χ2n) is 4.07. The Morgan fingerprint density at radius 2 is 2.05 bits per heavy atom. The summed E-state index contributed by atoms with van der Waals surface area (Å²) in [6, 6.07) is 5.53. The first-order valence-electron chi connectivity index (χ1n) is 5.76. The van der Waals surface area contributed by atoms with Crippen LogP contribution in [-0.2, 0) is 4.74 Å². The van der Waals surface area contributed by atoms with Crippen LogP contribution in [0.25, 0.3) is 0 Å². The lowest BCUT2D eigenvalue weighted by atomic mass is 10.1. The predicted octanol–water partition coefficient (Wildman–Crippen LogP) is 3.23. The summed E-state index contributed by atoms with van der Waals surface area (Å²) in [7, 11) is 1.28. The molecule has 0 aliphatic rings. The van der Waals surface area contributed by atoms with Crippen LogP contribution in [0.2, 0.25) is 0 Å². The Morgan fingerprint density at radius 1 is 1.30 bits per heavy atom. The highest BCUT2D eigenvalue weighted by Gasteiger charge is 2.17. The molecular weight excluding hydrogens is 281 g/mol. The lowest BCUT2D eigenvalue weighted by Gasteiger charge is -2.08. The maximum atomic E-state index is 13.0. The molecule has 0 unspecified atom stereocenters. The van der Waals surface area contributed by atoms with E-state index in [2.05, 4.69) is 10.1 Å². The van der Waals surface area contributed by atoms with Gasteiger partial charge in [0.1, 0.15) is 10.7 Å². The number of hydrogen-bond acceptors (Lipinski definition) is 4. The fourth-order valence-electron chi connectivity index (χ4n) is 1.73. The summed E-state index contributed by atoms with van der Waals surface area (Å²) < 4.78 is 17.6. The van der Waals surface area contributed by atoms with E-state index >= 15 is 0 Å². The first-order chi connectivity index (χ1) is 9.52. The number of carbonyl (C=O) groups is 2. The molecule has 2 aromatic rings. The number of ether oxygens (including phenoxy) is 1. The van der Waals surface area contributed by atoms with Gasteiger partial charge in [-0.25, -0.2) is 9.18 Å². The van der Waals surface area contributed by atoms with Gasteiger partial charge in [-0.2, -0.15) is 0 Å². The van der Waals surface area contributed by atoms with Crippen molar-refractivity contribution in [2.24, 2.45) is 0 Å². The van der Waals surface area contributed by atoms with E-state index in [9.17, 15) is 14.0 Å². The molecule has 0 aliphatic heterocycles. The van der Waals surface area contributed by atoms with Crippen molar-refractivity contribution in [1.82, 2.24) is 0 Å². The zero-order valence-electron chi connectivity index (χ0n) is 10.9. The number of esters is 1. The zero-order valence-corrected chi connectivity index (χ0v) is 11.7. The molecular formula is C14H12FNO3S. The van der Waals surface area contributed by atoms with Gasteiger partial charge in [0.25, 0.3) is 5.91 Å². The van der Waals surface area contributed by atoms with Crippen molar-refractivity contribution in [2.45, 2.75) is 6.92 Å². The van der Waals surface area contributed by atoms with Crippen molar-refractivity contribution in [1.29, 1.82) is 0 Å². The second kappa shape index (κ2) is 5.83. The van der Waals surface area contributed by atoms with Crippen LogP contribution in [0.15, 0.2) is 29.6 Å². The van der Waals surface area contributed by atoms with Crippen LogP contribution in [0, 0.1) is 12.7 Å². The standard InChI is InChI=1S/C14H12FNO3S/c1-8-7-9(15)3-4-10(8)13(17)16-11-5-6-20-12(11)14(18)19-2/h3-7H,1-2H3,(H,16,17). The number of nitrogens with one attached hydrogen (secondary N) is 1. The summed E-state index contributed by atoms with van der Waals surface area (Å²) >= 11 is 1.18. The van der Waals surface area contributed by atoms with E-state index in [1.165, 1.54) is 36.6 Å². The van der Waals surface area contributed by atoms with Crippen LogP contribution in [0.3, 0.4) is 0 Å². The van der Waals surface area contributed by atoms with E-state index in [4.69, 9.17) is 0 Å². The minimum Gasteiger partial charge on any atom is -0.465 e. The lowest BCUT2D eigenvalue weighted by Crippen LogP contribution is -2.15. The van der Waals surface area contributed by atoms with Gasteiger partial charge in [0.2, 0.25) is 0 Å². The number of rotatable bonds is 3. The number of amides is 1. The molecule has 0 bridgehead atoms. The smallest absolute Gasteiger partial charge is 0.350 e. The maximum absolute atomic E-state index is 13.0. The van der Waals surface area contributed by atoms with Crippen molar-refractivity contribution in [3.05, 3.63) is 51.5 Å². The van der Waals surface area contributed by atoms with Crippen molar-refractivity contribution in [3.63, 3.8) is 0 Å². The first-order valence-corrected chi connectivity index (χ1v) is 6.64. The highest BCUT2D eigenvalue weighted by atomic mass is 32.1. The van der Waals surface area contributed by atoms with Crippen LogP contribution in [0.1, 0.15) is 25.6 Å². The van der Waals surface area contributed by atoms with E-state index in [1.807, 2.05) is 0 Å². The molecule has 1 heterocycles. The van der Waals surface area contributed by atoms with E-state index in [1.54, 1.807) is 18.4 Å². The molecule has 1 amide bonds. The molecule has 1 aromatic carbocycles. The van der Waals surface area contributed by atoms with Crippen LogP contribution in [0.5, 0.6) is 0 Å². The van der Waals surface area contributed by atoms with Gasteiger partial charge in [-0.05, 0) is 42.1 Å². The first kappa shape index (κ1) is 14.2. The Kier molecular flexibility index (Phi) is 4.14. The molecule has 2 rings (SSSR count). The fraction of sp³-hybridized carbons (Fsp3) is 0.143. The molecule has 0 fully saturated rings. The molecule has 20 heavy (non-hydrogen) atoms. The third kappa shape index (κ3) is 2.85. The maximum Gasteiger partial charge on any atom is 0.350 e. The summed E-state index contributed by atoms with van der Waals surface area (Å²) in [5.74, 6) is -1.30. The van der Waals surface area contributed by atoms with E-state index < -0.39 is 17.7 Å². The minimum absolute atomic E-state index is 0.320. The van der Waals surface area contributed by atoms with Gasteiger partial charge < -0.3 is 10.1 Å². The van der Waals surface area contributed by atoms with Crippen LogP contribution < -0.4 is 5.32 Å². The third-order valence-electron chi connectivity index (χ3n) is 2.72. The number of benzene rings is 1. The molecule has 0 aliphatic carbocycles. The topological polar surface area (TPSA) is 55.4 Å². The van der Waals surface area contributed by atoms with E-state index in [-0.39, 0.29) is 0 Å². The van der Waals surface area contributed by atoms with Crippen molar-refractivity contribution < 1.29 is 18.7 Å². The average molecular weight is 293 g/mol. The molecule has 0 saturated heterocycles. The van der Waals surface area contributed by atoms with Crippen LogP contribution >= 0.6 is 11.3 Å². The number of carbonyl (C=O) groups excluding carboxylic acids is 2. The van der Waals surface area contributed by atoms with Gasteiger partial charge in [0.05, 0.1) is 12.8 Å². The third-order valence-corrected chi connectivity index (χ3v) is 3.61. The summed E-state index contributed by atoms with van der Waals surface area (Å²) in [6.07, 6.45) is 0. The number of anilines is 1. The molecule has 6 heteroatoms. The lowest BCUT2D eigenvalue weighted by molar-refractivity contribution is 0.0607. The van der Waals surface area contributed by atoms with Gasteiger partial charge >= 0.3 is 5.97 Å². The van der Waals surface area contributed by atoms with E-state index in [0.29, 0.717) is 21.7 Å². The number of aryl methyl sites for hydroxylation is 1. The number of hydrogen-bond donors (Lipinski definition) is 1. The summed E-state index contributed by atoms with van der Waals surface area (Å²) in [6.45, 7) is 1.65. The molecule has 0 saturated carbocycles. The number of methoxy groups -OCH3 is 1. The van der Waals surface area contributed by atoms with Gasteiger partial charge in [-0.15, -0.1) is 11.3 Å². The highest BCUT2D eigenvalue weighted by molar-refractivity contribution is 7.12. The second-order valence-corrected chi connectivity index (χ2v) is 4.98. The molecule has 0 spiro atoms. The Hall–Kier alpha value is -2.21. The van der Waals surface area contributed by atoms with Crippen molar-refractivity contribution >= 4 is 28.9 Å². The predicted molar refractivity (Wildman–Crippen MR) is 74.7 cm³/mol. The molecule has 0 atom stereocenters. The number of halogens is 1.